The van der Waals surface area contributed by atoms with E-state index in [1.807, 2.05) is 30.1 Å². The average Bonchev–Trinajstić information content (AvgIpc) is 2.44. The molecular formula is C18H20N2O2. The molecule has 0 fully saturated rings. The zero-order chi connectivity index (χ0) is 16.2. The fraction of sp³-hybridized carbons (Fsp3) is 0.389. The third kappa shape index (κ3) is 4.20. The molecule has 114 valence electrons. The molecule has 0 aliphatic carbocycles. The molecule has 4 nitrogen and oxygen atoms in total. The van der Waals surface area contributed by atoms with E-state index in [4.69, 9.17) is 4.74 Å². The van der Waals surface area contributed by atoms with Crippen molar-refractivity contribution < 1.29 is 9.53 Å². The zero-order valence-electron chi connectivity index (χ0n) is 13.4. The number of benzene rings is 1. The van der Waals surface area contributed by atoms with Crippen LogP contribution in [-0.2, 0) is 4.79 Å². The monoisotopic (exact) mass is 296 g/mol. The van der Waals surface area contributed by atoms with Crippen LogP contribution in [0, 0.1) is 29.1 Å². The second kappa shape index (κ2) is 6.45. The van der Waals surface area contributed by atoms with Crippen LogP contribution < -0.4 is 15.0 Å². The van der Waals surface area contributed by atoms with Crippen molar-refractivity contribution in [3.63, 3.8) is 0 Å². The van der Waals surface area contributed by atoms with Crippen LogP contribution in [-0.4, -0.2) is 26.1 Å². The number of ether oxygens (including phenoxy) is 1. The molecule has 0 atom stereocenters. The molecule has 0 spiro atoms. The van der Waals surface area contributed by atoms with Gasteiger partial charge in [0.05, 0.1) is 17.9 Å². The summed E-state index contributed by atoms with van der Waals surface area (Å²) in [5, 5.41) is 2.80. The number of rotatable bonds is 2. The van der Waals surface area contributed by atoms with Crippen LogP contribution in [0.2, 0.25) is 0 Å². The van der Waals surface area contributed by atoms with E-state index in [-0.39, 0.29) is 17.9 Å². The highest BCUT2D eigenvalue weighted by Gasteiger charge is 2.20. The Kier molecular flexibility index (Phi) is 4.63. The van der Waals surface area contributed by atoms with Gasteiger partial charge in [0.1, 0.15) is 0 Å². The molecule has 1 aliphatic heterocycles. The summed E-state index contributed by atoms with van der Waals surface area (Å²) < 4.78 is 5.53. The molecule has 0 radical (unpaired) electrons. The Morgan fingerprint density at radius 1 is 1.32 bits per heavy atom. The first-order valence-corrected chi connectivity index (χ1v) is 7.14. The Morgan fingerprint density at radius 3 is 2.82 bits per heavy atom. The Bertz CT molecular complexity index is 694. The lowest BCUT2D eigenvalue weighted by molar-refractivity contribution is -0.118. The van der Waals surface area contributed by atoms with E-state index in [9.17, 15) is 4.79 Å². The van der Waals surface area contributed by atoms with Crippen molar-refractivity contribution in [2.75, 3.05) is 30.4 Å². The number of fused-ring (bicyclic) bond motifs is 1. The summed E-state index contributed by atoms with van der Waals surface area (Å²) in [4.78, 5) is 13.3. The summed E-state index contributed by atoms with van der Waals surface area (Å²) >= 11 is 0. The third-order valence-corrected chi connectivity index (χ3v) is 2.93. The fourth-order valence-corrected chi connectivity index (χ4v) is 1.91. The van der Waals surface area contributed by atoms with E-state index in [1.165, 1.54) is 0 Å². The molecule has 0 unspecified atom stereocenters. The number of hydrogen-bond acceptors (Lipinski definition) is 3. The Labute approximate surface area is 131 Å². The van der Waals surface area contributed by atoms with Crippen LogP contribution in [0.25, 0.3) is 0 Å². The number of nitrogens with one attached hydrogen (secondary N) is 1. The van der Waals surface area contributed by atoms with Gasteiger partial charge in [0.25, 0.3) is 5.91 Å². The quantitative estimate of drug-likeness (QED) is 0.853. The van der Waals surface area contributed by atoms with Crippen LogP contribution >= 0.6 is 0 Å². The summed E-state index contributed by atoms with van der Waals surface area (Å²) in [6, 6.07) is 5.65. The lowest BCUT2D eigenvalue weighted by Crippen LogP contribution is -2.27. The molecule has 0 saturated heterocycles. The summed E-state index contributed by atoms with van der Waals surface area (Å²) in [5.41, 5.74) is 1.56. The average molecular weight is 296 g/mol. The number of anilines is 2. The van der Waals surface area contributed by atoms with Gasteiger partial charge in [-0.15, -0.1) is 0 Å². The van der Waals surface area contributed by atoms with Crippen molar-refractivity contribution >= 4 is 17.3 Å². The van der Waals surface area contributed by atoms with Crippen molar-refractivity contribution in [3.8, 4) is 29.4 Å². The second-order valence-electron chi connectivity index (χ2n) is 6.15. The highest BCUT2D eigenvalue weighted by Crippen LogP contribution is 2.37. The fourth-order valence-electron chi connectivity index (χ4n) is 1.91. The maximum atomic E-state index is 11.3. The standard InChI is InChI=1S/C18H20N2O2/c1-18(2,3)11-6-5-7-12-20(4)15-10-8-9-14-17(15)22-13-16(21)19-14/h8-10H,12-13H2,1-4H3,(H,19,21). The predicted molar refractivity (Wildman–Crippen MR) is 88.8 cm³/mol. The molecule has 0 aromatic heterocycles. The normalized spacial score (nSPS) is 12.6. The smallest absolute Gasteiger partial charge is 0.262 e. The molecule has 0 saturated carbocycles. The van der Waals surface area contributed by atoms with Gasteiger partial charge in [-0.05, 0) is 44.7 Å². The first kappa shape index (κ1) is 15.8. The van der Waals surface area contributed by atoms with Gasteiger partial charge in [-0.2, -0.15) is 0 Å². The van der Waals surface area contributed by atoms with Crippen molar-refractivity contribution in [3.05, 3.63) is 18.2 Å². The van der Waals surface area contributed by atoms with Gasteiger partial charge in [0.2, 0.25) is 0 Å². The highest BCUT2D eigenvalue weighted by molar-refractivity contribution is 5.97. The van der Waals surface area contributed by atoms with Crippen LogP contribution in [0.15, 0.2) is 18.2 Å². The maximum absolute atomic E-state index is 11.3. The summed E-state index contributed by atoms with van der Waals surface area (Å²) in [6.45, 7) is 6.73. The molecule has 1 amide bonds. The maximum Gasteiger partial charge on any atom is 0.262 e. The molecule has 1 aromatic rings. The number of amides is 1. The number of hydrogen-bond donors (Lipinski definition) is 1. The topological polar surface area (TPSA) is 41.6 Å². The minimum atomic E-state index is -0.135. The van der Waals surface area contributed by atoms with E-state index < -0.39 is 0 Å². The molecule has 1 aromatic carbocycles. The van der Waals surface area contributed by atoms with E-state index >= 15 is 0 Å². The van der Waals surface area contributed by atoms with Crippen LogP contribution in [0.1, 0.15) is 20.8 Å². The molecule has 1 heterocycles. The minimum absolute atomic E-state index is 0.0366. The second-order valence-corrected chi connectivity index (χ2v) is 6.15. The number of carbonyl (C=O) groups is 1. The SMILES string of the molecule is CN(CC#CC#CC(C)(C)C)c1cccc2c1OCC(=O)N2. The Morgan fingerprint density at radius 2 is 2.09 bits per heavy atom. The van der Waals surface area contributed by atoms with Gasteiger partial charge >= 0.3 is 0 Å². The van der Waals surface area contributed by atoms with E-state index in [0.29, 0.717) is 18.0 Å². The number of para-hydroxylation sites is 1. The predicted octanol–water partition coefficient (Wildman–Crippen LogP) is 2.51. The van der Waals surface area contributed by atoms with Gasteiger partial charge in [0.15, 0.2) is 12.4 Å². The van der Waals surface area contributed by atoms with Crippen molar-refractivity contribution in [1.29, 1.82) is 0 Å². The van der Waals surface area contributed by atoms with Gasteiger partial charge in [-0.25, -0.2) is 0 Å². The van der Waals surface area contributed by atoms with E-state index in [0.717, 1.165) is 5.69 Å². The van der Waals surface area contributed by atoms with E-state index in [2.05, 4.69) is 49.8 Å². The first-order valence-electron chi connectivity index (χ1n) is 7.14. The minimum Gasteiger partial charge on any atom is -0.479 e. The van der Waals surface area contributed by atoms with Crippen LogP contribution in [0.5, 0.6) is 5.75 Å². The lowest BCUT2D eigenvalue weighted by atomic mass is 9.98. The molecule has 2 rings (SSSR count). The van der Waals surface area contributed by atoms with Gasteiger partial charge in [-0.3, -0.25) is 4.79 Å². The number of carbonyl (C=O) groups excluding carboxylic acids is 1. The Balaban J connectivity index is 2.09. The van der Waals surface area contributed by atoms with Crippen LogP contribution in [0.3, 0.4) is 0 Å². The van der Waals surface area contributed by atoms with E-state index in [1.54, 1.807) is 0 Å². The third-order valence-electron chi connectivity index (χ3n) is 2.93. The highest BCUT2D eigenvalue weighted by atomic mass is 16.5. The largest absolute Gasteiger partial charge is 0.479 e. The van der Waals surface area contributed by atoms with Crippen molar-refractivity contribution in [1.82, 2.24) is 0 Å². The summed E-state index contributed by atoms with van der Waals surface area (Å²) in [5.74, 6) is 12.4. The molecular weight excluding hydrogens is 276 g/mol. The number of nitrogens with zero attached hydrogens (tertiary/aromatic N) is 1. The van der Waals surface area contributed by atoms with Gasteiger partial charge in [-0.1, -0.05) is 17.9 Å². The lowest BCUT2D eigenvalue weighted by Gasteiger charge is -2.25. The Hall–Kier alpha value is -2.59. The van der Waals surface area contributed by atoms with Crippen LogP contribution in [0.4, 0.5) is 11.4 Å². The van der Waals surface area contributed by atoms with Crippen molar-refractivity contribution in [2.45, 2.75) is 20.8 Å². The molecule has 1 N–H and O–H groups in total. The van der Waals surface area contributed by atoms with Crippen molar-refractivity contribution in [2.24, 2.45) is 5.41 Å². The first-order chi connectivity index (χ1) is 10.4. The molecule has 0 bridgehead atoms. The van der Waals surface area contributed by atoms with Gasteiger partial charge < -0.3 is 15.0 Å². The summed E-state index contributed by atoms with van der Waals surface area (Å²) in [6.07, 6.45) is 0. The zero-order valence-corrected chi connectivity index (χ0v) is 13.4. The molecule has 22 heavy (non-hydrogen) atoms. The summed E-state index contributed by atoms with van der Waals surface area (Å²) in [7, 11) is 1.93. The molecule has 4 heteroatoms. The van der Waals surface area contributed by atoms with Gasteiger partial charge in [0, 0.05) is 12.5 Å². The molecule has 1 aliphatic rings.